The van der Waals surface area contributed by atoms with Gasteiger partial charge in [0.05, 0.1) is 0 Å². The van der Waals surface area contributed by atoms with Gasteiger partial charge in [-0.3, -0.25) is 0 Å². The van der Waals surface area contributed by atoms with Crippen molar-refractivity contribution in [3.8, 4) is 34.2 Å². The lowest BCUT2D eigenvalue weighted by Gasteiger charge is -2.11. The van der Waals surface area contributed by atoms with E-state index in [2.05, 4.69) is 54.6 Å². The minimum absolute atomic E-state index is 0.675. The second-order valence-electron chi connectivity index (χ2n) is 8.48. The quantitative estimate of drug-likeness (QED) is 0.263. The Hall–Kier alpha value is -4.41. The van der Waals surface area contributed by atoms with Crippen LogP contribution in [0.15, 0.2) is 115 Å². The van der Waals surface area contributed by atoms with Crippen LogP contribution in [0.1, 0.15) is 0 Å². The molecule has 0 amide bonds. The third-order valence-corrected chi connectivity index (χ3v) is 7.48. The lowest BCUT2D eigenvalue weighted by Crippen LogP contribution is -2.00. The van der Waals surface area contributed by atoms with E-state index in [-0.39, 0.29) is 0 Å². The summed E-state index contributed by atoms with van der Waals surface area (Å²) in [6.07, 6.45) is 0. The zero-order valence-corrected chi connectivity index (χ0v) is 19.5. The molecule has 4 heteroatoms. The highest BCUT2D eigenvalue weighted by Crippen LogP contribution is 2.40. The van der Waals surface area contributed by atoms with E-state index < -0.39 is 0 Å². The largest absolute Gasteiger partial charge is 0.208 e. The summed E-state index contributed by atoms with van der Waals surface area (Å²) in [7, 11) is 0. The molecular formula is C31H19N3S. The van der Waals surface area contributed by atoms with Crippen LogP contribution < -0.4 is 0 Å². The number of benzene rings is 5. The van der Waals surface area contributed by atoms with Crippen molar-refractivity contribution in [3.05, 3.63) is 115 Å². The Morgan fingerprint density at radius 1 is 0.400 bits per heavy atom. The molecular weight excluding hydrogens is 446 g/mol. The Balaban J connectivity index is 1.52. The smallest absolute Gasteiger partial charge is 0.164 e. The Labute approximate surface area is 206 Å². The number of rotatable bonds is 3. The number of hydrogen-bond acceptors (Lipinski definition) is 4. The van der Waals surface area contributed by atoms with E-state index in [0.29, 0.717) is 17.5 Å². The molecule has 0 aliphatic carbocycles. The molecule has 7 aromatic rings. The lowest BCUT2D eigenvalue weighted by atomic mass is 9.99. The van der Waals surface area contributed by atoms with Gasteiger partial charge < -0.3 is 0 Å². The van der Waals surface area contributed by atoms with E-state index in [0.717, 1.165) is 22.1 Å². The van der Waals surface area contributed by atoms with Gasteiger partial charge in [-0.05, 0) is 22.9 Å². The molecule has 2 aromatic heterocycles. The number of thiophene rings is 1. The number of hydrogen-bond donors (Lipinski definition) is 0. The van der Waals surface area contributed by atoms with Crippen LogP contribution in [-0.2, 0) is 0 Å². The SMILES string of the molecule is c1ccc(-c2nc(-c3ccccc3)nc(-c3cccc4c3ccc3sc5ccccc5c34)n2)cc1. The van der Waals surface area contributed by atoms with Crippen molar-refractivity contribution in [1.82, 2.24) is 15.0 Å². The third kappa shape index (κ3) is 3.38. The van der Waals surface area contributed by atoms with Crippen LogP contribution >= 0.6 is 11.3 Å². The first-order valence-corrected chi connectivity index (χ1v) is 12.4. The van der Waals surface area contributed by atoms with E-state index in [1.807, 2.05) is 72.0 Å². The van der Waals surface area contributed by atoms with Crippen LogP contribution in [0.5, 0.6) is 0 Å². The minimum atomic E-state index is 0.675. The Morgan fingerprint density at radius 2 is 1.00 bits per heavy atom. The molecule has 0 unspecified atom stereocenters. The van der Waals surface area contributed by atoms with E-state index in [1.54, 1.807) is 0 Å². The van der Waals surface area contributed by atoms with E-state index in [9.17, 15) is 0 Å². The van der Waals surface area contributed by atoms with Gasteiger partial charge >= 0.3 is 0 Å². The normalized spacial score (nSPS) is 11.4. The molecule has 164 valence electrons. The molecule has 0 atom stereocenters. The van der Waals surface area contributed by atoms with E-state index in [4.69, 9.17) is 15.0 Å². The summed E-state index contributed by atoms with van der Waals surface area (Å²) in [5, 5.41) is 4.96. The molecule has 0 spiro atoms. The van der Waals surface area contributed by atoms with Gasteiger partial charge in [0.25, 0.3) is 0 Å². The van der Waals surface area contributed by atoms with Crippen molar-refractivity contribution < 1.29 is 0 Å². The molecule has 0 N–H and O–H groups in total. The summed E-state index contributed by atoms with van der Waals surface area (Å²) < 4.78 is 2.60. The van der Waals surface area contributed by atoms with E-state index >= 15 is 0 Å². The van der Waals surface area contributed by atoms with Crippen molar-refractivity contribution in [3.63, 3.8) is 0 Å². The molecule has 0 bridgehead atoms. The highest BCUT2D eigenvalue weighted by Gasteiger charge is 2.16. The van der Waals surface area contributed by atoms with Crippen LogP contribution in [0.3, 0.4) is 0 Å². The fraction of sp³-hybridized carbons (Fsp3) is 0. The fourth-order valence-corrected chi connectivity index (χ4v) is 5.83. The van der Waals surface area contributed by atoms with Crippen LogP contribution in [0.25, 0.3) is 65.1 Å². The average molecular weight is 466 g/mol. The van der Waals surface area contributed by atoms with Crippen molar-refractivity contribution in [2.75, 3.05) is 0 Å². The average Bonchev–Trinajstić information content (AvgIpc) is 3.33. The fourth-order valence-electron chi connectivity index (χ4n) is 4.71. The van der Waals surface area contributed by atoms with Crippen molar-refractivity contribution in [2.45, 2.75) is 0 Å². The molecule has 0 saturated carbocycles. The van der Waals surface area contributed by atoms with Crippen LogP contribution in [-0.4, -0.2) is 15.0 Å². The summed E-state index contributed by atoms with van der Waals surface area (Å²) in [6.45, 7) is 0. The molecule has 0 radical (unpaired) electrons. The van der Waals surface area contributed by atoms with Gasteiger partial charge in [-0.25, -0.2) is 15.0 Å². The minimum Gasteiger partial charge on any atom is -0.208 e. The monoisotopic (exact) mass is 465 g/mol. The predicted molar refractivity (Wildman–Crippen MR) is 147 cm³/mol. The van der Waals surface area contributed by atoms with Crippen LogP contribution in [0, 0.1) is 0 Å². The van der Waals surface area contributed by atoms with Gasteiger partial charge in [-0.1, -0.05) is 103 Å². The molecule has 3 nitrogen and oxygen atoms in total. The van der Waals surface area contributed by atoms with Gasteiger partial charge in [0, 0.05) is 36.9 Å². The second-order valence-corrected chi connectivity index (χ2v) is 9.56. The first-order valence-electron chi connectivity index (χ1n) is 11.6. The zero-order chi connectivity index (χ0) is 23.2. The van der Waals surface area contributed by atoms with Crippen molar-refractivity contribution >= 4 is 42.3 Å². The van der Waals surface area contributed by atoms with Gasteiger partial charge in [0.15, 0.2) is 17.5 Å². The highest BCUT2D eigenvalue weighted by molar-refractivity contribution is 7.26. The number of nitrogens with zero attached hydrogens (tertiary/aromatic N) is 3. The molecule has 2 heterocycles. The van der Waals surface area contributed by atoms with E-state index in [1.165, 1.54) is 25.6 Å². The van der Waals surface area contributed by atoms with Crippen molar-refractivity contribution in [2.24, 2.45) is 0 Å². The summed E-state index contributed by atoms with van der Waals surface area (Å²) >= 11 is 1.84. The number of aromatic nitrogens is 3. The first kappa shape index (κ1) is 20.0. The molecule has 0 fully saturated rings. The van der Waals surface area contributed by atoms with Gasteiger partial charge in [-0.2, -0.15) is 0 Å². The highest BCUT2D eigenvalue weighted by atomic mass is 32.1. The molecule has 0 aliphatic rings. The van der Waals surface area contributed by atoms with Gasteiger partial charge in [-0.15, -0.1) is 11.3 Å². The standard InChI is InChI=1S/C31H19N3S/c1-3-10-20(11-4-1)29-32-30(21-12-5-2-6-13-21)34-31(33-29)24-16-9-15-23-22(24)18-19-27-28(23)25-14-7-8-17-26(25)35-27/h1-19H. The van der Waals surface area contributed by atoms with Crippen LogP contribution in [0.2, 0.25) is 0 Å². The maximum Gasteiger partial charge on any atom is 0.164 e. The molecule has 7 rings (SSSR count). The molecule has 5 aromatic carbocycles. The van der Waals surface area contributed by atoms with Gasteiger partial charge in [0.2, 0.25) is 0 Å². The molecule has 0 saturated heterocycles. The van der Waals surface area contributed by atoms with Crippen LogP contribution in [0.4, 0.5) is 0 Å². The third-order valence-electron chi connectivity index (χ3n) is 6.34. The zero-order valence-electron chi connectivity index (χ0n) is 18.7. The Bertz CT molecular complexity index is 1780. The maximum atomic E-state index is 4.96. The first-order chi connectivity index (χ1) is 17.3. The number of fused-ring (bicyclic) bond motifs is 5. The lowest BCUT2D eigenvalue weighted by molar-refractivity contribution is 1.08. The maximum absolute atomic E-state index is 4.96. The summed E-state index contributed by atoms with van der Waals surface area (Å²) in [5.41, 5.74) is 2.95. The molecule has 0 aliphatic heterocycles. The Kier molecular flexibility index (Phi) is 4.64. The Morgan fingerprint density at radius 3 is 1.71 bits per heavy atom. The summed E-state index contributed by atoms with van der Waals surface area (Å²) in [5.74, 6) is 2.03. The predicted octanol–water partition coefficient (Wildman–Crippen LogP) is 8.39. The van der Waals surface area contributed by atoms with Gasteiger partial charge in [0.1, 0.15) is 0 Å². The topological polar surface area (TPSA) is 38.7 Å². The summed E-state index contributed by atoms with van der Waals surface area (Å²) in [4.78, 5) is 14.8. The van der Waals surface area contributed by atoms with Crippen molar-refractivity contribution in [1.29, 1.82) is 0 Å². The summed E-state index contributed by atoms with van der Waals surface area (Å²) in [6, 6.07) is 39.7. The second kappa shape index (κ2) is 8.12. The molecule has 35 heavy (non-hydrogen) atoms.